The van der Waals surface area contributed by atoms with Crippen LogP contribution < -0.4 is 5.32 Å². The first-order valence-corrected chi connectivity index (χ1v) is 9.58. The lowest BCUT2D eigenvalue weighted by Gasteiger charge is -2.18. The van der Waals surface area contributed by atoms with Gasteiger partial charge in [-0.2, -0.15) is 0 Å². The first-order valence-electron chi connectivity index (χ1n) is 9.58. The third kappa shape index (κ3) is 4.76. The highest BCUT2D eigenvalue weighted by Gasteiger charge is 2.15. The van der Waals surface area contributed by atoms with Gasteiger partial charge in [0.1, 0.15) is 0 Å². The molecule has 0 saturated carbocycles. The molecule has 7 nitrogen and oxygen atoms in total. The zero-order valence-corrected chi connectivity index (χ0v) is 16.1. The summed E-state index contributed by atoms with van der Waals surface area (Å²) in [6, 6.07) is 26.6. The second-order valence-electron chi connectivity index (χ2n) is 6.84. The smallest absolute Gasteiger partial charge is 0.269 e. The second-order valence-corrected chi connectivity index (χ2v) is 6.84. The van der Waals surface area contributed by atoms with E-state index in [2.05, 4.69) is 39.8 Å². The Morgan fingerprint density at radius 1 is 0.900 bits per heavy atom. The van der Waals surface area contributed by atoms with Crippen LogP contribution >= 0.6 is 0 Å². The summed E-state index contributed by atoms with van der Waals surface area (Å²) < 4.78 is 5.75. The summed E-state index contributed by atoms with van der Waals surface area (Å²) in [6.45, 7) is 0.409. The van der Waals surface area contributed by atoms with Gasteiger partial charge in [-0.15, -0.1) is 10.2 Å². The van der Waals surface area contributed by atoms with Gasteiger partial charge in [-0.3, -0.25) is 10.1 Å². The molecule has 1 heterocycles. The van der Waals surface area contributed by atoms with Gasteiger partial charge in [0.05, 0.1) is 11.5 Å². The molecular weight excluding hydrogens is 380 g/mol. The Labute approximate surface area is 173 Å². The Kier molecular flexibility index (Phi) is 5.91. The fourth-order valence-electron chi connectivity index (χ4n) is 3.22. The molecule has 1 unspecified atom stereocenters. The quantitative estimate of drug-likeness (QED) is 0.340. The largest absolute Gasteiger partial charge is 0.419 e. The van der Waals surface area contributed by atoms with Crippen LogP contribution in [-0.2, 0) is 13.0 Å². The van der Waals surface area contributed by atoms with E-state index in [1.807, 2.05) is 36.4 Å². The number of nitro groups is 1. The number of hydrogen-bond acceptors (Lipinski definition) is 6. The zero-order valence-electron chi connectivity index (χ0n) is 16.1. The number of aromatic nitrogens is 2. The van der Waals surface area contributed by atoms with Crippen LogP contribution in [0.2, 0.25) is 0 Å². The number of nitrogens with one attached hydrogen (secondary N) is 1. The van der Waals surface area contributed by atoms with Gasteiger partial charge in [-0.1, -0.05) is 60.7 Å². The highest BCUT2D eigenvalue weighted by molar-refractivity contribution is 5.55. The van der Waals surface area contributed by atoms with E-state index in [0.717, 1.165) is 6.42 Å². The fourth-order valence-corrected chi connectivity index (χ4v) is 3.22. The van der Waals surface area contributed by atoms with Crippen molar-refractivity contribution in [3.05, 3.63) is 112 Å². The molecule has 0 aliphatic rings. The minimum absolute atomic E-state index is 0.0202. The van der Waals surface area contributed by atoms with Gasteiger partial charge in [-0.05, 0) is 29.7 Å². The predicted molar refractivity (Wildman–Crippen MR) is 113 cm³/mol. The average Bonchev–Trinajstić information content (AvgIpc) is 3.27. The molecule has 30 heavy (non-hydrogen) atoms. The van der Waals surface area contributed by atoms with Gasteiger partial charge >= 0.3 is 0 Å². The lowest BCUT2D eigenvalue weighted by atomic mass is 9.99. The summed E-state index contributed by atoms with van der Waals surface area (Å²) in [7, 11) is 0. The molecule has 0 saturated heterocycles. The molecule has 1 aromatic heterocycles. The van der Waals surface area contributed by atoms with Gasteiger partial charge in [0.2, 0.25) is 11.8 Å². The van der Waals surface area contributed by atoms with Crippen LogP contribution in [0, 0.1) is 10.1 Å². The number of rotatable bonds is 8. The number of nitro benzene ring substituents is 1. The minimum atomic E-state index is -0.441. The maximum atomic E-state index is 10.8. The van der Waals surface area contributed by atoms with E-state index in [4.69, 9.17) is 4.42 Å². The normalized spacial score (nSPS) is 11.9. The number of non-ortho nitro benzene ring substituents is 1. The van der Waals surface area contributed by atoms with Crippen molar-refractivity contribution < 1.29 is 9.34 Å². The summed E-state index contributed by atoms with van der Waals surface area (Å²) in [5, 5.41) is 22.5. The maximum Gasteiger partial charge on any atom is 0.269 e. The van der Waals surface area contributed by atoms with Crippen molar-refractivity contribution in [3.8, 4) is 11.5 Å². The highest BCUT2D eigenvalue weighted by Crippen LogP contribution is 2.22. The lowest BCUT2D eigenvalue weighted by molar-refractivity contribution is -0.384. The van der Waals surface area contributed by atoms with Crippen LogP contribution in [0.25, 0.3) is 11.5 Å². The zero-order chi connectivity index (χ0) is 20.8. The predicted octanol–water partition coefficient (Wildman–Crippen LogP) is 4.72. The molecule has 1 atom stereocenters. The first-order chi connectivity index (χ1) is 14.7. The molecule has 0 radical (unpaired) electrons. The Morgan fingerprint density at radius 3 is 2.23 bits per heavy atom. The van der Waals surface area contributed by atoms with Crippen molar-refractivity contribution in [1.82, 2.24) is 15.5 Å². The minimum Gasteiger partial charge on any atom is -0.419 e. The topological polar surface area (TPSA) is 94.1 Å². The van der Waals surface area contributed by atoms with E-state index in [0.29, 0.717) is 23.9 Å². The first kappa shape index (κ1) is 19.5. The summed E-state index contributed by atoms with van der Waals surface area (Å²) >= 11 is 0. The average molecular weight is 400 g/mol. The van der Waals surface area contributed by atoms with E-state index in [1.54, 1.807) is 12.1 Å². The number of nitrogens with zero attached hydrogens (tertiary/aromatic N) is 3. The summed E-state index contributed by atoms with van der Waals surface area (Å²) in [5.74, 6) is 0.790. The van der Waals surface area contributed by atoms with Crippen LogP contribution in [0.15, 0.2) is 89.3 Å². The molecule has 150 valence electrons. The van der Waals surface area contributed by atoms with Gasteiger partial charge in [0.15, 0.2) is 0 Å². The van der Waals surface area contributed by atoms with Crippen LogP contribution in [0.4, 0.5) is 5.69 Å². The van der Waals surface area contributed by atoms with Crippen molar-refractivity contribution in [3.63, 3.8) is 0 Å². The monoisotopic (exact) mass is 400 g/mol. The second kappa shape index (κ2) is 9.11. The third-order valence-electron chi connectivity index (χ3n) is 4.78. The van der Waals surface area contributed by atoms with E-state index < -0.39 is 4.92 Å². The van der Waals surface area contributed by atoms with Crippen LogP contribution in [0.3, 0.4) is 0 Å². The Bertz CT molecular complexity index is 1100. The van der Waals surface area contributed by atoms with E-state index in [-0.39, 0.29) is 11.7 Å². The Hall–Kier alpha value is -3.84. The SMILES string of the molecule is O=[N+]([O-])c1ccc(-c2nnc(CNC(Cc3ccccc3)c3ccccc3)o2)cc1. The van der Waals surface area contributed by atoms with Crippen molar-refractivity contribution >= 4 is 5.69 Å². The Morgan fingerprint density at radius 2 is 1.57 bits per heavy atom. The van der Waals surface area contributed by atoms with Crippen LogP contribution in [-0.4, -0.2) is 15.1 Å². The standard InChI is InChI=1S/C23H20N4O3/c28-27(29)20-13-11-19(12-14-20)23-26-25-22(30-23)16-24-21(18-9-5-2-6-10-18)15-17-7-3-1-4-8-17/h1-14,21,24H,15-16H2. The van der Waals surface area contributed by atoms with E-state index in [9.17, 15) is 10.1 Å². The van der Waals surface area contributed by atoms with Crippen molar-refractivity contribution in [2.75, 3.05) is 0 Å². The number of benzene rings is 3. The van der Waals surface area contributed by atoms with Crippen molar-refractivity contribution in [2.24, 2.45) is 0 Å². The molecule has 0 aliphatic carbocycles. The molecule has 0 aliphatic heterocycles. The van der Waals surface area contributed by atoms with Gasteiger partial charge in [0.25, 0.3) is 5.69 Å². The van der Waals surface area contributed by atoms with Gasteiger partial charge in [-0.25, -0.2) is 0 Å². The fraction of sp³-hybridized carbons (Fsp3) is 0.130. The van der Waals surface area contributed by atoms with Crippen LogP contribution in [0.5, 0.6) is 0 Å². The molecule has 0 fully saturated rings. The molecule has 0 amide bonds. The highest BCUT2D eigenvalue weighted by atomic mass is 16.6. The summed E-state index contributed by atoms with van der Waals surface area (Å²) in [4.78, 5) is 10.4. The molecule has 4 rings (SSSR count). The molecule has 3 aromatic carbocycles. The molecule has 7 heteroatoms. The molecule has 0 bridgehead atoms. The van der Waals surface area contributed by atoms with Crippen LogP contribution in [0.1, 0.15) is 23.1 Å². The van der Waals surface area contributed by atoms with Gasteiger partial charge < -0.3 is 9.73 Å². The third-order valence-corrected chi connectivity index (χ3v) is 4.78. The molecular formula is C23H20N4O3. The van der Waals surface area contributed by atoms with Crippen molar-refractivity contribution in [2.45, 2.75) is 19.0 Å². The lowest BCUT2D eigenvalue weighted by Crippen LogP contribution is -2.23. The molecule has 4 aromatic rings. The number of hydrogen-bond donors (Lipinski definition) is 1. The van der Waals surface area contributed by atoms with E-state index in [1.165, 1.54) is 23.3 Å². The molecule has 0 spiro atoms. The maximum absolute atomic E-state index is 10.8. The van der Waals surface area contributed by atoms with Crippen molar-refractivity contribution in [1.29, 1.82) is 0 Å². The van der Waals surface area contributed by atoms with E-state index >= 15 is 0 Å². The summed E-state index contributed by atoms with van der Waals surface area (Å²) in [5.41, 5.74) is 3.07. The molecule has 1 N–H and O–H groups in total. The summed E-state index contributed by atoms with van der Waals surface area (Å²) in [6.07, 6.45) is 0.828. The van der Waals surface area contributed by atoms with Gasteiger partial charge in [0, 0.05) is 23.7 Å². The Balaban J connectivity index is 1.46.